The molecule has 5 aliphatic carbocycles. The van der Waals surface area contributed by atoms with Gasteiger partial charge in [0.1, 0.15) is 5.76 Å². The second-order valence-corrected chi connectivity index (χ2v) is 27.9. The lowest BCUT2D eigenvalue weighted by molar-refractivity contribution is 0.279. The third kappa shape index (κ3) is 6.33. The van der Waals surface area contributed by atoms with Gasteiger partial charge in [-0.3, -0.25) is 4.90 Å². The highest BCUT2D eigenvalue weighted by molar-refractivity contribution is 6.96. The van der Waals surface area contributed by atoms with Gasteiger partial charge in [0.2, 0.25) is 0 Å². The molecule has 1 saturated carbocycles. The molecule has 0 radical (unpaired) electrons. The number of rotatable bonds is 2. The monoisotopic (exact) mass is 881 g/mol. The molecule has 0 amide bonds. The van der Waals surface area contributed by atoms with Crippen LogP contribution in [0.5, 0.6) is 0 Å². The molecule has 2 aliphatic heterocycles. The summed E-state index contributed by atoms with van der Waals surface area (Å²) in [5.74, 6) is 4.06. The van der Waals surface area contributed by atoms with Crippen LogP contribution in [0.25, 0.3) is 0 Å². The highest BCUT2D eigenvalue weighted by atomic mass is 16.4. The molecule has 348 valence electrons. The normalized spacial score (nSPS) is 26.8. The third-order valence-electron chi connectivity index (χ3n) is 19.4. The summed E-state index contributed by atoms with van der Waals surface area (Å²) in [6.45, 7) is 42.1. The molecular weight excluding hydrogens is 800 g/mol. The number of hydrogen-bond acceptors (Lipinski definition) is 3. The van der Waals surface area contributed by atoms with Crippen molar-refractivity contribution in [1.29, 1.82) is 0 Å². The summed E-state index contributed by atoms with van der Waals surface area (Å²) < 4.78 is 7.77. The van der Waals surface area contributed by atoms with Crippen LogP contribution in [0.4, 0.5) is 28.6 Å². The predicted octanol–water partition coefficient (Wildman–Crippen LogP) is 16.0. The second kappa shape index (κ2) is 13.9. The second-order valence-electron chi connectivity index (χ2n) is 27.9. The largest absolute Gasteiger partial charge is 0.444 e. The van der Waals surface area contributed by atoms with E-state index < -0.39 is 0 Å². The Morgan fingerprint density at radius 3 is 1.64 bits per heavy atom. The van der Waals surface area contributed by atoms with E-state index in [-0.39, 0.29) is 44.6 Å². The van der Waals surface area contributed by atoms with Gasteiger partial charge < -0.3 is 9.32 Å². The Morgan fingerprint density at radius 1 is 0.576 bits per heavy atom. The Labute approximate surface area is 400 Å². The fraction of sp³-hybridized carbons (Fsp3) is 0.581. The van der Waals surface area contributed by atoms with Gasteiger partial charge >= 0.3 is 0 Å². The molecule has 4 aromatic rings. The van der Waals surface area contributed by atoms with Gasteiger partial charge in [-0.05, 0) is 194 Å². The Bertz CT molecular complexity index is 2790. The van der Waals surface area contributed by atoms with E-state index in [0.29, 0.717) is 17.8 Å². The van der Waals surface area contributed by atoms with Crippen LogP contribution in [0.15, 0.2) is 75.8 Å². The van der Waals surface area contributed by atoms with E-state index >= 15 is 0 Å². The number of fused-ring (bicyclic) bond motifs is 8. The zero-order chi connectivity index (χ0) is 47.2. The van der Waals surface area contributed by atoms with Crippen molar-refractivity contribution >= 4 is 46.3 Å². The summed E-state index contributed by atoms with van der Waals surface area (Å²) >= 11 is 0. The maximum atomic E-state index is 7.77. The van der Waals surface area contributed by atoms with Gasteiger partial charge in [-0.1, -0.05) is 141 Å². The first-order chi connectivity index (χ1) is 30.6. The molecule has 0 N–H and O–H groups in total. The van der Waals surface area contributed by atoms with Gasteiger partial charge in [-0.15, -0.1) is 0 Å². The van der Waals surface area contributed by atoms with Crippen LogP contribution in [-0.2, 0) is 37.9 Å². The SMILES string of the molecule is CC1CCC(C)C2CC3=C(C=C12)B1c2c(cc(C(C)(C)C)cc2N(c2ccc4c(c2)C(C)(C)CCC4(C)C)c2oc4c(c21)C(C)(C)CCC4(C)C)N3c1ccc2c(c1)C(C)(C)CCC2(C)C. The molecular formula is C62H81BN2O. The van der Waals surface area contributed by atoms with Crippen LogP contribution in [0.3, 0.4) is 0 Å². The quantitative estimate of drug-likeness (QED) is 0.187. The number of furan rings is 1. The topological polar surface area (TPSA) is 19.6 Å². The van der Waals surface area contributed by atoms with Gasteiger partial charge in [0.15, 0.2) is 5.88 Å². The molecule has 3 unspecified atom stereocenters. The molecule has 4 heteroatoms. The summed E-state index contributed by atoms with van der Waals surface area (Å²) in [6, 6.07) is 20.5. The Morgan fingerprint density at radius 2 is 1.08 bits per heavy atom. The Hall–Kier alpha value is -3.92. The van der Waals surface area contributed by atoms with E-state index in [2.05, 4.69) is 182 Å². The summed E-state index contributed by atoms with van der Waals surface area (Å²) in [5, 5.41) is 0. The van der Waals surface area contributed by atoms with Crippen molar-refractivity contribution in [2.45, 2.75) is 213 Å². The lowest BCUT2D eigenvalue weighted by Crippen LogP contribution is -2.58. The fourth-order valence-electron chi connectivity index (χ4n) is 14.5. The van der Waals surface area contributed by atoms with Crippen molar-refractivity contribution in [3.8, 4) is 0 Å². The summed E-state index contributed by atoms with van der Waals surface area (Å²) in [6.07, 6.45) is 13.5. The Kier molecular flexibility index (Phi) is 9.37. The minimum Gasteiger partial charge on any atom is -0.444 e. The van der Waals surface area contributed by atoms with Crippen LogP contribution in [-0.4, -0.2) is 6.71 Å². The zero-order valence-electron chi connectivity index (χ0n) is 44.2. The van der Waals surface area contributed by atoms with Crippen LogP contribution < -0.4 is 20.7 Å². The Balaban J connectivity index is 1.28. The van der Waals surface area contributed by atoms with Crippen molar-refractivity contribution < 1.29 is 4.42 Å². The van der Waals surface area contributed by atoms with Gasteiger partial charge in [-0.2, -0.15) is 0 Å². The zero-order valence-corrected chi connectivity index (χ0v) is 44.2. The highest BCUT2D eigenvalue weighted by Gasteiger charge is 2.55. The van der Waals surface area contributed by atoms with Gasteiger partial charge in [0, 0.05) is 33.9 Å². The van der Waals surface area contributed by atoms with Crippen molar-refractivity contribution in [2.24, 2.45) is 17.8 Å². The number of allylic oxidation sites excluding steroid dienone is 4. The van der Waals surface area contributed by atoms with Crippen molar-refractivity contribution in [1.82, 2.24) is 0 Å². The fourth-order valence-corrected chi connectivity index (χ4v) is 14.5. The minimum absolute atomic E-state index is 0.0375. The van der Waals surface area contributed by atoms with E-state index in [1.165, 1.54) is 123 Å². The molecule has 11 rings (SSSR count). The van der Waals surface area contributed by atoms with E-state index in [0.717, 1.165) is 25.1 Å². The first-order valence-electron chi connectivity index (χ1n) is 26.3. The first kappa shape index (κ1) is 44.6. The average Bonchev–Trinajstić information content (AvgIpc) is 3.66. The van der Waals surface area contributed by atoms with Gasteiger partial charge in [-0.25, -0.2) is 0 Å². The number of nitrogens with zero attached hydrogens (tertiary/aromatic N) is 2. The lowest BCUT2D eigenvalue weighted by Gasteiger charge is -2.49. The van der Waals surface area contributed by atoms with E-state index in [4.69, 9.17) is 4.42 Å². The standard InChI is InChI=1S/C62H81BN2O/c1-36-18-19-37(2)42-35-48-47(34-41(36)42)63-52-49(64(48)39-20-22-43-45(32-39)59(10,11)26-24-57(43,6)7)30-38(56(3,4)5)31-50(52)65(40-21-23-44-46(33-40)60(12,13)27-25-58(44,8)9)55-53(63)51-54(66-55)62(16,17)29-28-61(51,14)15/h20-23,30-34,36-37,42H,18-19,24-29,35H2,1-17H3. The minimum atomic E-state index is -0.0869. The molecule has 1 aromatic heterocycles. The molecule has 3 atom stereocenters. The molecule has 7 aliphatic rings. The predicted molar refractivity (Wildman–Crippen MR) is 282 cm³/mol. The molecule has 66 heavy (non-hydrogen) atoms. The van der Waals surface area contributed by atoms with E-state index in [1.807, 2.05) is 0 Å². The number of anilines is 5. The van der Waals surface area contributed by atoms with Crippen molar-refractivity contribution in [3.63, 3.8) is 0 Å². The summed E-state index contributed by atoms with van der Waals surface area (Å²) in [4.78, 5) is 5.45. The third-order valence-corrected chi connectivity index (χ3v) is 19.4. The van der Waals surface area contributed by atoms with Crippen LogP contribution in [0, 0.1) is 17.8 Å². The number of benzene rings is 3. The molecule has 3 nitrogen and oxygen atoms in total. The molecule has 0 spiro atoms. The van der Waals surface area contributed by atoms with Gasteiger partial charge in [0.05, 0.1) is 0 Å². The van der Waals surface area contributed by atoms with Crippen LogP contribution in [0.1, 0.15) is 215 Å². The van der Waals surface area contributed by atoms with Crippen LogP contribution >= 0.6 is 0 Å². The van der Waals surface area contributed by atoms with Crippen LogP contribution in [0.2, 0.25) is 0 Å². The maximum Gasteiger partial charge on any atom is 0.256 e. The summed E-state index contributed by atoms with van der Waals surface area (Å²) in [7, 11) is 0. The lowest BCUT2D eigenvalue weighted by atomic mass is 9.31. The molecule has 0 saturated heterocycles. The van der Waals surface area contributed by atoms with E-state index in [1.54, 1.807) is 5.57 Å². The molecule has 1 fully saturated rings. The van der Waals surface area contributed by atoms with E-state index in [9.17, 15) is 0 Å². The average molecular weight is 881 g/mol. The van der Waals surface area contributed by atoms with Crippen molar-refractivity contribution in [3.05, 3.63) is 110 Å². The van der Waals surface area contributed by atoms with Crippen molar-refractivity contribution in [2.75, 3.05) is 9.80 Å². The maximum absolute atomic E-state index is 7.77. The highest BCUT2D eigenvalue weighted by Crippen LogP contribution is 2.58. The molecule has 3 aromatic carbocycles. The molecule has 0 bridgehead atoms. The van der Waals surface area contributed by atoms with Gasteiger partial charge in [0.25, 0.3) is 6.71 Å². The molecule has 3 heterocycles. The first-order valence-corrected chi connectivity index (χ1v) is 26.3. The smallest absolute Gasteiger partial charge is 0.256 e. The number of hydrogen-bond donors (Lipinski definition) is 0. The summed E-state index contributed by atoms with van der Waals surface area (Å²) in [5.41, 5.74) is 22.0.